The summed E-state index contributed by atoms with van der Waals surface area (Å²) in [6, 6.07) is 8.44. The van der Waals surface area contributed by atoms with Crippen LogP contribution in [-0.2, 0) is 9.53 Å². The monoisotopic (exact) mass is 697 g/mol. The lowest BCUT2D eigenvalue weighted by atomic mass is 9.84. The Kier molecular flexibility index (Phi) is 11.4. The van der Waals surface area contributed by atoms with Crippen molar-refractivity contribution in [1.29, 1.82) is 0 Å². The van der Waals surface area contributed by atoms with Crippen molar-refractivity contribution in [2.24, 2.45) is 0 Å². The topological polar surface area (TPSA) is 144 Å². The predicted molar refractivity (Wildman–Crippen MR) is 179 cm³/mol. The summed E-state index contributed by atoms with van der Waals surface area (Å²) in [5.74, 6) is -1.01. The molecule has 3 aliphatic rings. The first-order chi connectivity index (χ1) is 21.1. The summed E-state index contributed by atoms with van der Waals surface area (Å²) < 4.78 is 11.6. The van der Waals surface area contributed by atoms with Crippen molar-refractivity contribution in [1.82, 2.24) is 9.80 Å². The summed E-state index contributed by atoms with van der Waals surface area (Å²) in [5, 5.41) is 33.3. The Bertz CT molecular complexity index is 1650. The number of hydrogen-bond donors (Lipinski definition) is 3. The first kappa shape index (κ1) is 35.6. The van der Waals surface area contributed by atoms with E-state index in [-0.39, 0.29) is 60.4 Å². The molecule has 0 spiro atoms. The van der Waals surface area contributed by atoms with Crippen LogP contribution in [0, 0.1) is 0 Å². The Morgan fingerprint density at radius 1 is 1.04 bits per heavy atom. The first-order valence-electron chi connectivity index (χ1n) is 15.0. The fraction of sp³-hybridized carbons (Fsp3) is 0.469. The molecule has 4 atom stereocenters. The maximum absolute atomic E-state index is 13.5. The van der Waals surface area contributed by atoms with E-state index in [1.807, 2.05) is 16.8 Å². The second kappa shape index (κ2) is 14.7. The third kappa shape index (κ3) is 6.75. The molecule has 3 saturated heterocycles. The predicted octanol–water partition coefficient (Wildman–Crippen LogP) is 5.10. The van der Waals surface area contributed by atoms with Gasteiger partial charge in [0, 0.05) is 60.9 Å². The van der Waals surface area contributed by atoms with E-state index in [1.165, 1.54) is 17.0 Å². The first-order valence-corrected chi connectivity index (χ1v) is 15.4. The molecule has 3 aromatic rings. The summed E-state index contributed by atoms with van der Waals surface area (Å²) in [7, 11) is 1.93. The van der Waals surface area contributed by atoms with Gasteiger partial charge in [-0.1, -0.05) is 23.7 Å². The zero-order valence-electron chi connectivity index (χ0n) is 25.3. The molecule has 46 heavy (non-hydrogen) atoms. The van der Waals surface area contributed by atoms with E-state index in [0.717, 1.165) is 12.8 Å². The fourth-order valence-electron chi connectivity index (χ4n) is 7.01. The number of carbonyl (C=O) groups is 2. The molecule has 0 aliphatic carbocycles. The number of aliphatic hydroxyl groups excluding tert-OH is 1. The second-order valence-electron chi connectivity index (χ2n) is 12.0. The summed E-state index contributed by atoms with van der Waals surface area (Å²) >= 11 is 6.48. The molecule has 14 heteroatoms. The van der Waals surface area contributed by atoms with Crippen LogP contribution >= 0.6 is 36.4 Å². The average Bonchev–Trinajstić information content (AvgIpc) is 3.24. The number of fused-ring (bicyclic) bond motifs is 1. The normalized spacial score (nSPS) is 23.6. The van der Waals surface area contributed by atoms with Crippen LogP contribution in [0.4, 0.5) is 10.5 Å². The highest BCUT2D eigenvalue weighted by atomic mass is 35.5. The molecule has 6 rings (SSSR count). The standard InChI is InChI=1S/C32H36ClN3O8.2ClH/c1-34-12-9-20(26(39)17-34)28-23(35-11-5-4-6-18(16-35)36(32(41)42)22-10-13-43-31(22)40)14-24(37)29-25(38)15-27(44-30(28)29)19-7-2-3-8-21(19)33;;/h2-3,7-8,14-15,18,20,22,26,37,39H,4-6,9-13,16-17H2,1H3,(H,41,42);2*1H/t18?,20-,22?,26+;;/m0../s1. The number of β-amino-alcohol motifs (C(OH)–C–C–N with tert-alkyl or cyclic N) is 1. The molecule has 250 valence electrons. The molecule has 0 saturated carbocycles. The van der Waals surface area contributed by atoms with Gasteiger partial charge in [0.2, 0.25) is 0 Å². The molecule has 4 heterocycles. The highest BCUT2D eigenvalue weighted by Gasteiger charge is 2.41. The van der Waals surface area contributed by atoms with Gasteiger partial charge in [-0.15, -0.1) is 24.8 Å². The zero-order chi connectivity index (χ0) is 31.1. The summed E-state index contributed by atoms with van der Waals surface area (Å²) in [5.41, 5.74) is 1.40. The fourth-order valence-corrected chi connectivity index (χ4v) is 7.24. The van der Waals surface area contributed by atoms with Gasteiger partial charge >= 0.3 is 12.1 Å². The van der Waals surface area contributed by atoms with Gasteiger partial charge in [-0.25, -0.2) is 9.59 Å². The number of phenols is 1. The number of hydrogen-bond acceptors (Lipinski definition) is 9. The van der Waals surface area contributed by atoms with Crippen LogP contribution in [0.5, 0.6) is 5.75 Å². The number of rotatable bonds is 5. The maximum Gasteiger partial charge on any atom is 0.408 e. The zero-order valence-corrected chi connectivity index (χ0v) is 27.7. The van der Waals surface area contributed by atoms with E-state index in [1.54, 1.807) is 24.3 Å². The van der Waals surface area contributed by atoms with Gasteiger partial charge in [0.25, 0.3) is 0 Å². The van der Waals surface area contributed by atoms with Crippen LogP contribution in [0.3, 0.4) is 0 Å². The lowest BCUT2D eigenvalue weighted by Gasteiger charge is -2.38. The van der Waals surface area contributed by atoms with Gasteiger partial charge in [0.1, 0.15) is 28.5 Å². The van der Waals surface area contributed by atoms with Crippen LogP contribution in [0.1, 0.15) is 43.6 Å². The quantitative estimate of drug-likeness (QED) is 0.308. The summed E-state index contributed by atoms with van der Waals surface area (Å²) in [4.78, 5) is 43.8. The highest BCUT2D eigenvalue weighted by Crippen LogP contribution is 2.44. The van der Waals surface area contributed by atoms with Crippen molar-refractivity contribution in [2.75, 3.05) is 44.7 Å². The molecular formula is C32H38Cl3N3O8. The van der Waals surface area contributed by atoms with E-state index < -0.39 is 41.6 Å². The molecule has 2 aromatic carbocycles. The van der Waals surface area contributed by atoms with Crippen molar-refractivity contribution >= 4 is 65.1 Å². The average molecular weight is 699 g/mol. The third-order valence-electron chi connectivity index (χ3n) is 9.14. The van der Waals surface area contributed by atoms with Crippen LogP contribution in [0.15, 0.2) is 45.6 Å². The van der Waals surface area contributed by atoms with E-state index >= 15 is 0 Å². The smallest absolute Gasteiger partial charge is 0.408 e. The number of halogens is 3. The second-order valence-corrected chi connectivity index (χ2v) is 12.4. The van der Waals surface area contributed by atoms with Gasteiger partial charge in [-0.05, 0) is 51.4 Å². The number of piperidine rings is 1. The minimum absolute atomic E-state index is 0. The maximum atomic E-state index is 13.5. The molecule has 3 N–H and O–H groups in total. The van der Waals surface area contributed by atoms with Gasteiger partial charge in [-0.2, -0.15) is 0 Å². The third-order valence-corrected chi connectivity index (χ3v) is 9.47. The van der Waals surface area contributed by atoms with Crippen molar-refractivity contribution in [2.45, 2.75) is 56.2 Å². The van der Waals surface area contributed by atoms with Crippen molar-refractivity contribution in [3.63, 3.8) is 0 Å². The number of esters is 1. The minimum atomic E-state index is -1.19. The number of nitrogens with zero attached hydrogens (tertiary/aromatic N) is 3. The molecule has 1 amide bonds. The molecule has 3 aliphatic heterocycles. The van der Waals surface area contributed by atoms with Gasteiger partial charge < -0.3 is 34.3 Å². The number of cyclic esters (lactones) is 1. The molecule has 0 bridgehead atoms. The molecule has 1 aromatic heterocycles. The van der Waals surface area contributed by atoms with E-state index in [9.17, 15) is 29.7 Å². The van der Waals surface area contributed by atoms with Crippen molar-refractivity contribution < 1.29 is 34.1 Å². The molecule has 11 nitrogen and oxygen atoms in total. The molecule has 3 fully saturated rings. The molecule has 2 unspecified atom stereocenters. The molecular weight excluding hydrogens is 661 g/mol. The number of likely N-dealkylation sites (tertiary alicyclic amines) is 1. The van der Waals surface area contributed by atoms with Crippen LogP contribution < -0.4 is 10.3 Å². The van der Waals surface area contributed by atoms with E-state index in [0.29, 0.717) is 60.7 Å². The number of benzene rings is 2. The number of phenolic OH excluding ortho intramolecular Hbond substituents is 1. The lowest BCUT2D eigenvalue weighted by molar-refractivity contribution is -0.142. The van der Waals surface area contributed by atoms with Crippen LogP contribution in [-0.4, -0.2) is 95.2 Å². The number of amides is 1. The Morgan fingerprint density at radius 2 is 1.80 bits per heavy atom. The number of likely N-dealkylation sites (N-methyl/N-ethyl adjacent to an activating group) is 1. The van der Waals surface area contributed by atoms with Gasteiger partial charge in [0.05, 0.1) is 23.8 Å². The van der Waals surface area contributed by atoms with Crippen molar-refractivity contribution in [3.8, 4) is 17.1 Å². The SMILES string of the molecule is CN1CC[C@H](c2c(N3CCCCC(N(C(=O)O)C4CCOC4=O)C3)cc(O)c3c(=O)cc(-c4ccccc4Cl)oc23)[C@H](O)C1.Cl.Cl. The number of carboxylic acid groups (broad SMARTS) is 1. The number of anilines is 1. The Labute approximate surface area is 283 Å². The summed E-state index contributed by atoms with van der Waals surface area (Å²) in [6.07, 6.45) is 0.883. The lowest BCUT2D eigenvalue weighted by Crippen LogP contribution is -2.52. The Hall–Kier alpha value is -3.22. The van der Waals surface area contributed by atoms with E-state index in [2.05, 4.69) is 0 Å². The number of aliphatic hydroxyl groups is 1. The number of ether oxygens (including phenoxy) is 1. The van der Waals surface area contributed by atoms with Gasteiger partial charge in [0.15, 0.2) is 5.43 Å². The number of aromatic hydroxyl groups is 1. The Morgan fingerprint density at radius 3 is 2.48 bits per heavy atom. The molecule has 0 radical (unpaired) electrons. The number of carbonyl (C=O) groups excluding carboxylic acids is 1. The highest BCUT2D eigenvalue weighted by molar-refractivity contribution is 6.33. The van der Waals surface area contributed by atoms with E-state index in [4.69, 9.17) is 20.8 Å². The van der Waals surface area contributed by atoms with Crippen molar-refractivity contribution in [3.05, 3.63) is 57.2 Å². The minimum Gasteiger partial charge on any atom is -0.507 e. The summed E-state index contributed by atoms with van der Waals surface area (Å²) in [6.45, 7) is 2.05. The Balaban J connectivity index is 0.00000240. The van der Waals surface area contributed by atoms with Crippen LogP contribution in [0.2, 0.25) is 5.02 Å². The van der Waals surface area contributed by atoms with Crippen LogP contribution in [0.25, 0.3) is 22.3 Å². The largest absolute Gasteiger partial charge is 0.507 e. The van der Waals surface area contributed by atoms with Gasteiger partial charge in [-0.3, -0.25) is 9.69 Å².